The van der Waals surface area contributed by atoms with Gasteiger partial charge in [-0.1, -0.05) is 0 Å². The van der Waals surface area contributed by atoms with Crippen LogP contribution in [0.25, 0.3) is 0 Å². The molecular formula is C11H18N4O. The van der Waals surface area contributed by atoms with E-state index in [1.807, 2.05) is 14.1 Å². The summed E-state index contributed by atoms with van der Waals surface area (Å²) in [5.41, 5.74) is 0. The first-order valence-electron chi connectivity index (χ1n) is 5.64. The molecule has 0 spiro atoms. The van der Waals surface area contributed by atoms with Crippen molar-refractivity contribution in [3.63, 3.8) is 0 Å². The molecule has 1 fully saturated rings. The molecule has 1 aliphatic rings. The second-order valence-electron chi connectivity index (χ2n) is 4.34. The Morgan fingerprint density at radius 2 is 2.56 bits per heavy atom. The van der Waals surface area contributed by atoms with Crippen LogP contribution in [0.3, 0.4) is 0 Å². The van der Waals surface area contributed by atoms with Gasteiger partial charge in [-0.2, -0.15) is 0 Å². The number of nitrogens with one attached hydrogen (secondary N) is 1. The summed E-state index contributed by atoms with van der Waals surface area (Å²) in [6.45, 7) is 1.82. The minimum atomic E-state index is -0.0128. The highest BCUT2D eigenvalue weighted by Crippen LogP contribution is 2.08. The highest BCUT2D eigenvalue weighted by atomic mass is 16.2. The lowest BCUT2D eigenvalue weighted by molar-refractivity contribution is 0.0768. The zero-order valence-corrected chi connectivity index (χ0v) is 9.81. The van der Waals surface area contributed by atoms with Crippen molar-refractivity contribution in [3.05, 3.63) is 18.2 Å². The van der Waals surface area contributed by atoms with Crippen LogP contribution in [0.2, 0.25) is 0 Å². The minimum absolute atomic E-state index is 0.0128. The van der Waals surface area contributed by atoms with Crippen LogP contribution in [0, 0.1) is 0 Å². The average Bonchev–Trinajstić information content (AvgIpc) is 2.88. The summed E-state index contributed by atoms with van der Waals surface area (Å²) in [7, 11) is 3.67. The van der Waals surface area contributed by atoms with E-state index in [1.54, 1.807) is 21.9 Å². The highest BCUT2D eigenvalue weighted by molar-refractivity contribution is 5.90. The van der Waals surface area contributed by atoms with E-state index in [2.05, 4.69) is 10.3 Å². The van der Waals surface area contributed by atoms with E-state index in [1.165, 1.54) is 6.42 Å². The van der Waals surface area contributed by atoms with Gasteiger partial charge in [-0.05, 0) is 19.4 Å². The van der Waals surface area contributed by atoms with E-state index in [4.69, 9.17) is 0 Å². The molecule has 1 aromatic rings. The van der Waals surface area contributed by atoms with E-state index >= 15 is 0 Å². The summed E-state index contributed by atoms with van der Waals surface area (Å²) in [4.78, 5) is 17.8. The SMILES string of the molecule is CN(CC1CCCN1)C(=O)c1nccn1C. The molecule has 1 atom stereocenters. The van der Waals surface area contributed by atoms with Gasteiger partial charge in [0, 0.05) is 39.1 Å². The van der Waals surface area contributed by atoms with Crippen molar-refractivity contribution in [2.75, 3.05) is 20.1 Å². The van der Waals surface area contributed by atoms with Gasteiger partial charge in [-0.15, -0.1) is 0 Å². The Morgan fingerprint density at radius 3 is 3.12 bits per heavy atom. The van der Waals surface area contributed by atoms with E-state index < -0.39 is 0 Å². The van der Waals surface area contributed by atoms with Crippen molar-refractivity contribution in [3.8, 4) is 0 Å². The Bertz CT molecular complexity index is 368. The summed E-state index contributed by atoms with van der Waals surface area (Å²) in [5, 5.41) is 3.38. The number of aromatic nitrogens is 2. The fourth-order valence-electron chi connectivity index (χ4n) is 2.07. The molecule has 0 radical (unpaired) electrons. The Hall–Kier alpha value is -1.36. The average molecular weight is 222 g/mol. The van der Waals surface area contributed by atoms with Gasteiger partial charge in [0.05, 0.1) is 0 Å². The number of hydrogen-bond acceptors (Lipinski definition) is 3. The number of imidazole rings is 1. The largest absolute Gasteiger partial charge is 0.337 e. The maximum Gasteiger partial charge on any atom is 0.289 e. The monoisotopic (exact) mass is 222 g/mol. The van der Waals surface area contributed by atoms with Gasteiger partial charge >= 0.3 is 0 Å². The zero-order valence-electron chi connectivity index (χ0n) is 9.81. The molecule has 1 saturated heterocycles. The molecule has 2 heterocycles. The van der Waals surface area contributed by atoms with Crippen molar-refractivity contribution in [2.24, 2.45) is 7.05 Å². The first kappa shape index (κ1) is 11.1. The molecule has 1 unspecified atom stereocenters. The third-order valence-corrected chi connectivity index (χ3v) is 3.02. The molecule has 1 aliphatic heterocycles. The van der Waals surface area contributed by atoms with E-state index in [0.29, 0.717) is 11.9 Å². The third kappa shape index (κ3) is 2.24. The molecule has 0 saturated carbocycles. The highest BCUT2D eigenvalue weighted by Gasteiger charge is 2.21. The van der Waals surface area contributed by atoms with Crippen molar-refractivity contribution in [1.29, 1.82) is 0 Å². The maximum atomic E-state index is 12.0. The first-order chi connectivity index (χ1) is 7.68. The molecule has 2 rings (SSSR count). The molecule has 1 N–H and O–H groups in total. The maximum absolute atomic E-state index is 12.0. The van der Waals surface area contributed by atoms with Crippen LogP contribution in [0.15, 0.2) is 12.4 Å². The van der Waals surface area contributed by atoms with E-state index in [9.17, 15) is 4.79 Å². The second-order valence-corrected chi connectivity index (χ2v) is 4.34. The fourth-order valence-corrected chi connectivity index (χ4v) is 2.07. The second kappa shape index (κ2) is 4.65. The summed E-state index contributed by atoms with van der Waals surface area (Å²) in [5.74, 6) is 0.488. The van der Waals surface area contributed by atoms with Crippen LogP contribution in [0.4, 0.5) is 0 Å². The Morgan fingerprint density at radius 1 is 1.75 bits per heavy atom. The van der Waals surface area contributed by atoms with Crippen molar-refractivity contribution < 1.29 is 4.79 Å². The number of hydrogen-bond donors (Lipinski definition) is 1. The van der Waals surface area contributed by atoms with Crippen LogP contribution >= 0.6 is 0 Å². The summed E-state index contributed by atoms with van der Waals surface area (Å²) >= 11 is 0. The van der Waals surface area contributed by atoms with Gasteiger partial charge in [0.25, 0.3) is 5.91 Å². The topological polar surface area (TPSA) is 50.2 Å². The Labute approximate surface area is 95.5 Å². The summed E-state index contributed by atoms with van der Waals surface area (Å²) in [6.07, 6.45) is 5.79. The molecular weight excluding hydrogens is 204 g/mol. The number of carbonyl (C=O) groups excluding carboxylic acids is 1. The number of nitrogens with zero attached hydrogens (tertiary/aromatic N) is 3. The quantitative estimate of drug-likeness (QED) is 0.797. The molecule has 5 nitrogen and oxygen atoms in total. The smallest absolute Gasteiger partial charge is 0.289 e. The van der Waals surface area contributed by atoms with Crippen LogP contribution in [0.1, 0.15) is 23.5 Å². The van der Waals surface area contributed by atoms with Crippen LogP contribution in [0.5, 0.6) is 0 Å². The lowest BCUT2D eigenvalue weighted by atomic mass is 10.2. The number of rotatable bonds is 3. The molecule has 1 aromatic heterocycles. The number of amides is 1. The van der Waals surface area contributed by atoms with Gasteiger partial charge in [0.2, 0.25) is 0 Å². The predicted molar refractivity (Wildman–Crippen MR) is 61.2 cm³/mol. The molecule has 16 heavy (non-hydrogen) atoms. The van der Waals surface area contributed by atoms with E-state index in [-0.39, 0.29) is 5.91 Å². The van der Waals surface area contributed by atoms with Crippen LogP contribution in [-0.4, -0.2) is 46.5 Å². The molecule has 5 heteroatoms. The van der Waals surface area contributed by atoms with Crippen LogP contribution in [-0.2, 0) is 7.05 Å². The van der Waals surface area contributed by atoms with Gasteiger partial charge < -0.3 is 14.8 Å². The van der Waals surface area contributed by atoms with Gasteiger partial charge in [-0.3, -0.25) is 4.79 Å². The van der Waals surface area contributed by atoms with Crippen molar-refractivity contribution in [1.82, 2.24) is 19.8 Å². The summed E-state index contributed by atoms with van der Waals surface area (Å²) in [6, 6.07) is 0.439. The minimum Gasteiger partial charge on any atom is -0.337 e. The lowest BCUT2D eigenvalue weighted by Crippen LogP contribution is -2.39. The zero-order chi connectivity index (χ0) is 11.5. The normalized spacial score (nSPS) is 20.0. The van der Waals surface area contributed by atoms with Gasteiger partial charge in [0.15, 0.2) is 5.82 Å². The fraction of sp³-hybridized carbons (Fsp3) is 0.636. The molecule has 0 aromatic carbocycles. The predicted octanol–water partition coefficient (Wildman–Crippen LogP) is 0.244. The van der Waals surface area contributed by atoms with Gasteiger partial charge in [-0.25, -0.2) is 4.98 Å². The molecule has 88 valence electrons. The number of carbonyl (C=O) groups is 1. The van der Waals surface area contributed by atoms with Crippen molar-refractivity contribution in [2.45, 2.75) is 18.9 Å². The Kier molecular flexibility index (Phi) is 3.24. The number of likely N-dealkylation sites (N-methyl/N-ethyl adjacent to an activating group) is 1. The molecule has 1 amide bonds. The van der Waals surface area contributed by atoms with E-state index in [0.717, 1.165) is 19.5 Å². The van der Waals surface area contributed by atoms with Crippen LogP contribution < -0.4 is 5.32 Å². The molecule has 0 bridgehead atoms. The summed E-state index contributed by atoms with van der Waals surface area (Å²) < 4.78 is 1.75. The van der Waals surface area contributed by atoms with Gasteiger partial charge in [0.1, 0.15) is 0 Å². The Balaban J connectivity index is 1.96. The lowest BCUT2D eigenvalue weighted by Gasteiger charge is -2.20. The van der Waals surface area contributed by atoms with Crippen molar-refractivity contribution >= 4 is 5.91 Å². The number of aryl methyl sites for hydroxylation is 1. The third-order valence-electron chi connectivity index (χ3n) is 3.02. The standard InChI is InChI=1S/C11H18N4O/c1-14-7-6-13-10(14)11(16)15(2)8-9-4-3-5-12-9/h6-7,9,12H,3-5,8H2,1-2H3. The first-order valence-corrected chi connectivity index (χ1v) is 5.64. The molecule has 0 aliphatic carbocycles.